The Morgan fingerprint density at radius 2 is 1.85 bits per heavy atom. The first kappa shape index (κ1) is 29.0. The van der Waals surface area contributed by atoms with E-state index in [1.54, 1.807) is 6.34 Å². The summed E-state index contributed by atoms with van der Waals surface area (Å²) in [6.45, 7) is 10.0. The van der Waals surface area contributed by atoms with E-state index >= 15 is 0 Å². The second kappa shape index (κ2) is 11.7. The van der Waals surface area contributed by atoms with Crippen LogP contribution in [0.1, 0.15) is 62.9 Å². The Morgan fingerprint density at radius 1 is 1.04 bits per heavy atom. The molecule has 3 aliphatic heterocycles. The number of hydrogen-bond donors (Lipinski definition) is 0. The quantitative estimate of drug-likeness (QED) is 0.263. The minimum atomic E-state index is -0.228. The van der Waals surface area contributed by atoms with Crippen LogP contribution >= 0.6 is 0 Å². The molecule has 0 bridgehead atoms. The molecule has 1 saturated carbocycles. The molecular weight excluding hydrogens is 578 g/mol. The van der Waals surface area contributed by atoms with Crippen molar-refractivity contribution >= 4 is 30.0 Å². The van der Waals surface area contributed by atoms with Crippen molar-refractivity contribution in [2.45, 2.75) is 51.8 Å². The average molecular weight is 618 g/mol. The van der Waals surface area contributed by atoms with Crippen molar-refractivity contribution in [1.29, 1.82) is 0 Å². The van der Waals surface area contributed by atoms with Gasteiger partial charge in [0.05, 0.1) is 30.2 Å². The first-order valence-electron chi connectivity index (χ1n) is 16.3. The number of fused-ring (bicyclic) bond motifs is 1. The summed E-state index contributed by atoms with van der Waals surface area (Å²) in [5.41, 5.74) is 8.72. The number of likely N-dealkylation sites (tertiary alicyclic amines) is 1. The van der Waals surface area contributed by atoms with E-state index in [9.17, 15) is 4.79 Å². The van der Waals surface area contributed by atoms with E-state index in [4.69, 9.17) is 19.6 Å². The molecule has 0 radical (unpaired) electrons. The molecule has 4 aromatic rings. The molecule has 0 amide bonds. The van der Waals surface area contributed by atoms with Gasteiger partial charge >= 0.3 is 5.97 Å². The number of imidazole rings is 1. The van der Waals surface area contributed by atoms with E-state index in [1.165, 1.54) is 16.7 Å². The molecule has 10 nitrogen and oxygen atoms in total. The van der Waals surface area contributed by atoms with Crippen LogP contribution in [0, 0.1) is 19.3 Å². The van der Waals surface area contributed by atoms with Gasteiger partial charge < -0.3 is 14.4 Å². The van der Waals surface area contributed by atoms with Gasteiger partial charge in [0.15, 0.2) is 5.65 Å². The number of carbonyl (C=O) groups excluding carboxylic acids is 1. The Morgan fingerprint density at radius 3 is 2.61 bits per heavy atom. The molecular formula is C36H39N7O3. The van der Waals surface area contributed by atoms with Gasteiger partial charge in [-0.1, -0.05) is 36.4 Å². The lowest BCUT2D eigenvalue weighted by atomic mass is 9.61. The molecule has 2 saturated heterocycles. The Bertz CT molecular complexity index is 1820. The number of carbonyl (C=O) groups is 1. The maximum Gasteiger partial charge on any atom is 0.338 e. The fraction of sp³-hybridized carbons (Fsp3) is 0.417. The molecule has 236 valence electrons. The van der Waals surface area contributed by atoms with Gasteiger partial charge in [0.25, 0.3) is 0 Å². The normalized spacial score (nSPS) is 20.7. The number of aryl methyl sites for hydroxylation is 1. The summed E-state index contributed by atoms with van der Waals surface area (Å²) >= 11 is 0. The minimum absolute atomic E-state index is 0.0103. The number of esters is 1. The van der Waals surface area contributed by atoms with Crippen LogP contribution in [0.15, 0.2) is 64.6 Å². The summed E-state index contributed by atoms with van der Waals surface area (Å²) in [5, 5.41) is 5.23. The van der Waals surface area contributed by atoms with Gasteiger partial charge in [-0.25, -0.2) is 19.3 Å². The number of anilines is 1. The molecule has 10 heteroatoms. The van der Waals surface area contributed by atoms with Crippen LogP contribution in [0.5, 0.6) is 0 Å². The molecule has 1 unspecified atom stereocenters. The number of hydrogen-bond acceptors (Lipinski definition) is 9. The summed E-state index contributed by atoms with van der Waals surface area (Å²) in [6, 6.07) is 17.7. The second-order valence-electron chi connectivity index (χ2n) is 13.3. The molecule has 5 heterocycles. The van der Waals surface area contributed by atoms with Crippen LogP contribution in [-0.2, 0) is 22.4 Å². The van der Waals surface area contributed by atoms with Crippen LogP contribution in [0.25, 0.3) is 5.65 Å². The van der Waals surface area contributed by atoms with Crippen molar-refractivity contribution in [2.75, 3.05) is 44.3 Å². The Balaban J connectivity index is 1.07. The number of ether oxygens (including phenoxy) is 2. The van der Waals surface area contributed by atoms with Crippen LogP contribution in [-0.4, -0.2) is 83.5 Å². The fourth-order valence-corrected chi connectivity index (χ4v) is 7.47. The molecule has 2 aromatic carbocycles. The summed E-state index contributed by atoms with van der Waals surface area (Å²) in [5.74, 6) is 0.690. The highest BCUT2D eigenvalue weighted by molar-refractivity contribution is 5.89. The van der Waals surface area contributed by atoms with Gasteiger partial charge in [-0.15, -0.1) is 5.10 Å². The standard InChI is InChI=1S/C36H39N7O3/c1-24-7-6-10-27(25(24)2)15-32-31(20-41-21-36(22-41)17-28(18-36)46-35(44)26-8-4-3-5-9-26)39-34-29(30-19-37-23-38-30)16-33(40-43(32)34)42-11-13-45-14-12-42/h3-10,16,19,23,28,30H,11-15,17-18,20-22H2,1-2H3. The predicted molar refractivity (Wildman–Crippen MR) is 177 cm³/mol. The lowest BCUT2D eigenvalue weighted by molar-refractivity contribution is -0.135. The summed E-state index contributed by atoms with van der Waals surface area (Å²) in [6.07, 6.45) is 6.06. The van der Waals surface area contributed by atoms with Gasteiger partial charge in [-0.3, -0.25) is 9.89 Å². The number of benzene rings is 2. The molecule has 1 atom stereocenters. The maximum absolute atomic E-state index is 12.6. The fourth-order valence-electron chi connectivity index (χ4n) is 7.47. The number of nitrogens with zero attached hydrogens (tertiary/aromatic N) is 7. The highest BCUT2D eigenvalue weighted by atomic mass is 16.5. The predicted octanol–water partition coefficient (Wildman–Crippen LogP) is 4.75. The van der Waals surface area contributed by atoms with Crippen molar-refractivity contribution in [3.05, 3.63) is 93.8 Å². The molecule has 1 aliphatic carbocycles. The maximum atomic E-state index is 12.6. The third-order valence-electron chi connectivity index (χ3n) is 10.1. The lowest BCUT2D eigenvalue weighted by Gasteiger charge is -2.58. The third-order valence-corrected chi connectivity index (χ3v) is 10.1. The molecule has 2 aromatic heterocycles. The van der Waals surface area contributed by atoms with Crippen molar-refractivity contribution in [2.24, 2.45) is 15.4 Å². The van der Waals surface area contributed by atoms with Crippen molar-refractivity contribution in [3.63, 3.8) is 0 Å². The summed E-state index contributed by atoms with van der Waals surface area (Å²) in [7, 11) is 0. The van der Waals surface area contributed by atoms with E-state index < -0.39 is 0 Å². The minimum Gasteiger partial charge on any atom is -0.459 e. The number of morpholine rings is 1. The topological polar surface area (TPSA) is 96.9 Å². The zero-order chi connectivity index (χ0) is 31.3. The first-order chi connectivity index (χ1) is 22.4. The Kier molecular flexibility index (Phi) is 7.41. The molecule has 0 N–H and O–H groups in total. The van der Waals surface area contributed by atoms with Crippen LogP contribution in [0.3, 0.4) is 0 Å². The zero-order valence-corrected chi connectivity index (χ0v) is 26.4. The second-order valence-corrected chi connectivity index (χ2v) is 13.3. The van der Waals surface area contributed by atoms with Crippen molar-refractivity contribution in [1.82, 2.24) is 19.5 Å². The van der Waals surface area contributed by atoms with E-state index in [2.05, 4.69) is 62.4 Å². The average Bonchev–Trinajstić information content (AvgIpc) is 3.70. The van der Waals surface area contributed by atoms with Gasteiger partial charge in [0, 0.05) is 56.3 Å². The third kappa shape index (κ3) is 5.39. The highest BCUT2D eigenvalue weighted by Crippen LogP contribution is 2.50. The molecule has 1 spiro atoms. The zero-order valence-electron chi connectivity index (χ0n) is 26.4. The van der Waals surface area contributed by atoms with Crippen LogP contribution < -0.4 is 4.90 Å². The lowest BCUT2D eigenvalue weighted by Crippen LogP contribution is -2.63. The van der Waals surface area contributed by atoms with Crippen molar-refractivity contribution in [3.8, 4) is 0 Å². The van der Waals surface area contributed by atoms with E-state index in [0.717, 1.165) is 80.4 Å². The summed E-state index contributed by atoms with van der Waals surface area (Å²) < 4.78 is 13.5. The van der Waals surface area contributed by atoms with Gasteiger partial charge in [0.1, 0.15) is 24.3 Å². The van der Waals surface area contributed by atoms with Crippen LogP contribution in [0.4, 0.5) is 5.82 Å². The van der Waals surface area contributed by atoms with E-state index in [-0.39, 0.29) is 23.5 Å². The Labute approximate surface area is 268 Å². The van der Waals surface area contributed by atoms with Crippen molar-refractivity contribution < 1.29 is 14.3 Å². The van der Waals surface area contributed by atoms with E-state index in [0.29, 0.717) is 18.8 Å². The number of aromatic nitrogens is 3. The molecule has 46 heavy (non-hydrogen) atoms. The highest BCUT2D eigenvalue weighted by Gasteiger charge is 2.53. The molecule has 4 aliphatic rings. The van der Waals surface area contributed by atoms with Gasteiger partial charge in [-0.2, -0.15) is 0 Å². The van der Waals surface area contributed by atoms with Crippen LogP contribution in [0.2, 0.25) is 0 Å². The van der Waals surface area contributed by atoms with Gasteiger partial charge in [-0.05, 0) is 61.6 Å². The summed E-state index contributed by atoms with van der Waals surface area (Å²) in [4.78, 5) is 31.6. The molecule has 8 rings (SSSR count). The monoisotopic (exact) mass is 617 g/mol. The van der Waals surface area contributed by atoms with Gasteiger partial charge in [0.2, 0.25) is 0 Å². The first-order valence-corrected chi connectivity index (χ1v) is 16.3. The molecule has 3 fully saturated rings. The number of aliphatic imine (C=N–C) groups is 2. The number of rotatable bonds is 8. The Hall–Kier alpha value is -4.41. The largest absolute Gasteiger partial charge is 0.459 e. The smallest absolute Gasteiger partial charge is 0.338 e. The van der Waals surface area contributed by atoms with E-state index in [1.807, 2.05) is 36.5 Å². The SMILES string of the molecule is Cc1cccc(Cc2c(CN3CC4(CC(OC(=O)c5ccccc5)C4)C3)nc3c(C4C=NC=N4)cc(N4CCOCC4)nn23)c1C.